The van der Waals surface area contributed by atoms with Crippen molar-refractivity contribution in [1.82, 2.24) is 15.5 Å². The third-order valence-electron chi connectivity index (χ3n) is 5.62. The highest BCUT2D eigenvalue weighted by atomic mass is 16.5. The van der Waals surface area contributed by atoms with Gasteiger partial charge < -0.3 is 20.7 Å². The van der Waals surface area contributed by atoms with Crippen molar-refractivity contribution in [2.45, 2.75) is 38.5 Å². The van der Waals surface area contributed by atoms with Crippen LogP contribution in [0.2, 0.25) is 0 Å². The van der Waals surface area contributed by atoms with E-state index in [1.165, 1.54) is 5.56 Å². The summed E-state index contributed by atoms with van der Waals surface area (Å²) in [5.41, 5.74) is 3.37. The maximum Gasteiger partial charge on any atom is 0.319 e. The van der Waals surface area contributed by atoms with Crippen LogP contribution in [0.5, 0.6) is 0 Å². The highest BCUT2D eigenvalue weighted by Gasteiger charge is 2.24. The Hall–Kier alpha value is -2.90. The van der Waals surface area contributed by atoms with E-state index in [9.17, 15) is 9.59 Å². The standard InChI is InChI=1S/C24H30N4O3/c1-17-7-8-19(23(29)26-20-9-10-20)13-22(17)27-24(30)25-14-21-16-28(11-12-31-21)15-18-5-3-2-4-6-18/h2-8,13,20-21H,9-12,14-16H2,1H3,(H,26,29)(H2,25,27,30). The monoisotopic (exact) mass is 422 g/mol. The summed E-state index contributed by atoms with van der Waals surface area (Å²) in [6.07, 6.45) is 2.02. The zero-order valence-electron chi connectivity index (χ0n) is 17.9. The van der Waals surface area contributed by atoms with Crippen LogP contribution in [0.25, 0.3) is 0 Å². The molecule has 7 nitrogen and oxygen atoms in total. The minimum absolute atomic E-state index is 0.0556. The molecular weight excluding hydrogens is 392 g/mol. The van der Waals surface area contributed by atoms with Crippen molar-refractivity contribution in [2.24, 2.45) is 0 Å². The van der Waals surface area contributed by atoms with Gasteiger partial charge in [0.2, 0.25) is 0 Å². The van der Waals surface area contributed by atoms with E-state index >= 15 is 0 Å². The normalized spacial score (nSPS) is 18.9. The van der Waals surface area contributed by atoms with Gasteiger partial charge in [0, 0.05) is 43.5 Å². The number of nitrogens with one attached hydrogen (secondary N) is 3. The first-order valence-corrected chi connectivity index (χ1v) is 10.9. The van der Waals surface area contributed by atoms with Gasteiger partial charge in [-0.05, 0) is 43.0 Å². The van der Waals surface area contributed by atoms with Gasteiger partial charge in [-0.3, -0.25) is 9.69 Å². The molecule has 2 aromatic carbocycles. The zero-order valence-corrected chi connectivity index (χ0v) is 17.9. The quantitative estimate of drug-likeness (QED) is 0.641. The Morgan fingerprint density at radius 2 is 1.94 bits per heavy atom. The molecule has 7 heteroatoms. The smallest absolute Gasteiger partial charge is 0.319 e. The number of anilines is 1. The number of nitrogens with zero attached hydrogens (tertiary/aromatic N) is 1. The molecular formula is C24H30N4O3. The van der Waals surface area contributed by atoms with E-state index in [1.807, 2.05) is 31.2 Å². The molecule has 164 valence electrons. The molecule has 1 aliphatic carbocycles. The summed E-state index contributed by atoms with van der Waals surface area (Å²) < 4.78 is 5.83. The number of carbonyl (C=O) groups excluding carboxylic acids is 2. The van der Waals surface area contributed by atoms with Crippen LogP contribution < -0.4 is 16.0 Å². The van der Waals surface area contributed by atoms with E-state index in [4.69, 9.17) is 4.74 Å². The second-order valence-electron chi connectivity index (χ2n) is 8.33. The number of hydrogen-bond acceptors (Lipinski definition) is 4. The SMILES string of the molecule is Cc1ccc(C(=O)NC2CC2)cc1NC(=O)NCC1CN(Cc2ccccc2)CCO1. The molecule has 31 heavy (non-hydrogen) atoms. The molecule has 3 amide bonds. The fourth-order valence-corrected chi connectivity index (χ4v) is 3.66. The number of amides is 3. The minimum atomic E-state index is -0.299. The van der Waals surface area contributed by atoms with Gasteiger partial charge in [-0.2, -0.15) is 0 Å². The highest BCUT2D eigenvalue weighted by Crippen LogP contribution is 2.21. The Morgan fingerprint density at radius 3 is 2.71 bits per heavy atom. The molecule has 2 aromatic rings. The van der Waals surface area contributed by atoms with E-state index in [-0.39, 0.29) is 18.0 Å². The number of urea groups is 1. The first-order valence-electron chi connectivity index (χ1n) is 10.9. The van der Waals surface area contributed by atoms with Crippen LogP contribution >= 0.6 is 0 Å². The molecule has 2 aliphatic rings. The van der Waals surface area contributed by atoms with Gasteiger partial charge in [-0.15, -0.1) is 0 Å². The average molecular weight is 423 g/mol. The predicted molar refractivity (Wildman–Crippen MR) is 120 cm³/mol. The first kappa shape index (κ1) is 21.3. The molecule has 2 fully saturated rings. The van der Waals surface area contributed by atoms with Crippen LogP contribution in [0, 0.1) is 6.92 Å². The predicted octanol–water partition coefficient (Wildman–Crippen LogP) is 2.91. The number of rotatable bonds is 7. The topological polar surface area (TPSA) is 82.7 Å². The van der Waals surface area contributed by atoms with Crippen molar-refractivity contribution in [2.75, 3.05) is 31.6 Å². The fourth-order valence-electron chi connectivity index (χ4n) is 3.66. The lowest BCUT2D eigenvalue weighted by molar-refractivity contribution is -0.0285. The van der Waals surface area contributed by atoms with Crippen LogP contribution in [0.1, 0.15) is 34.3 Å². The summed E-state index contributed by atoms with van der Waals surface area (Å²) in [6.45, 7) is 5.51. The number of hydrogen-bond donors (Lipinski definition) is 3. The third-order valence-corrected chi connectivity index (χ3v) is 5.62. The van der Waals surface area contributed by atoms with E-state index in [1.54, 1.807) is 12.1 Å². The molecule has 0 radical (unpaired) electrons. The lowest BCUT2D eigenvalue weighted by Gasteiger charge is -2.33. The molecule has 1 atom stereocenters. The molecule has 1 saturated carbocycles. The van der Waals surface area contributed by atoms with E-state index in [0.717, 1.165) is 38.0 Å². The molecule has 3 N–H and O–H groups in total. The van der Waals surface area contributed by atoms with Crippen LogP contribution in [0.15, 0.2) is 48.5 Å². The lowest BCUT2D eigenvalue weighted by Crippen LogP contribution is -2.47. The summed E-state index contributed by atoms with van der Waals surface area (Å²) in [4.78, 5) is 27.1. The van der Waals surface area contributed by atoms with Gasteiger partial charge in [0.25, 0.3) is 5.91 Å². The molecule has 1 saturated heterocycles. The summed E-state index contributed by atoms with van der Waals surface area (Å²) in [5.74, 6) is -0.0972. The first-order chi connectivity index (χ1) is 15.1. The number of carbonyl (C=O) groups is 2. The highest BCUT2D eigenvalue weighted by molar-refractivity contribution is 5.97. The lowest BCUT2D eigenvalue weighted by atomic mass is 10.1. The van der Waals surface area contributed by atoms with E-state index < -0.39 is 0 Å². The van der Waals surface area contributed by atoms with Crippen molar-refractivity contribution in [3.63, 3.8) is 0 Å². The van der Waals surface area contributed by atoms with Crippen LogP contribution in [-0.2, 0) is 11.3 Å². The second kappa shape index (κ2) is 9.94. The van der Waals surface area contributed by atoms with Crippen molar-refractivity contribution in [1.29, 1.82) is 0 Å². The van der Waals surface area contributed by atoms with Crippen LogP contribution in [-0.4, -0.2) is 55.2 Å². The summed E-state index contributed by atoms with van der Waals surface area (Å²) >= 11 is 0. The molecule has 0 aromatic heterocycles. The fraction of sp³-hybridized carbons (Fsp3) is 0.417. The summed E-state index contributed by atoms with van der Waals surface area (Å²) in [5, 5.41) is 8.74. The molecule has 4 rings (SSSR count). The Morgan fingerprint density at radius 1 is 1.13 bits per heavy atom. The van der Waals surface area contributed by atoms with Gasteiger partial charge >= 0.3 is 6.03 Å². The maximum atomic E-state index is 12.5. The zero-order chi connectivity index (χ0) is 21.6. The van der Waals surface area contributed by atoms with Crippen LogP contribution in [0.4, 0.5) is 10.5 Å². The largest absolute Gasteiger partial charge is 0.374 e. The van der Waals surface area contributed by atoms with Crippen molar-refractivity contribution < 1.29 is 14.3 Å². The van der Waals surface area contributed by atoms with Gasteiger partial charge in [0.1, 0.15) is 0 Å². The number of ether oxygens (including phenoxy) is 1. The van der Waals surface area contributed by atoms with Gasteiger partial charge in [0.05, 0.1) is 12.7 Å². The molecule has 1 heterocycles. The van der Waals surface area contributed by atoms with E-state index in [0.29, 0.717) is 30.4 Å². The number of morpholine rings is 1. The van der Waals surface area contributed by atoms with Gasteiger partial charge in [-0.1, -0.05) is 36.4 Å². The van der Waals surface area contributed by atoms with Crippen molar-refractivity contribution in [3.8, 4) is 0 Å². The Kier molecular flexibility index (Phi) is 6.84. The third kappa shape index (κ3) is 6.29. The van der Waals surface area contributed by atoms with Crippen molar-refractivity contribution in [3.05, 3.63) is 65.2 Å². The second-order valence-corrected chi connectivity index (χ2v) is 8.33. The summed E-state index contributed by atoms with van der Waals surface area (Å²) in [7, 11) is 0. The maximum absolute atomic E-state index is 12.5. The number of benzene rings is 2. The molecule has 0 spiro atoms. The Bertz CT molecular complexity index is 914. The van der Waals surface area contributed by atoms with Crippen LogP contribution in [0.3, 0.4) is 0 Å². The molecule has 1 aliphatic heterocycles. The van der Waals surface area contributed by atoms with Gasteiger partial charge in [0.15, 0.2) is 0 Å². The minimum Gasteiger partial charge on any atom is -0.374 e. The number of aryl methyl sites for hydroxylation is 1. The molecule has 0 bridgehead atoms. The van der Waals surface area contributed by atoms with Crippen molar-refractivity contribution >= 4 is 17.6 Å². The molecule has 1 unspecified atom stereocenters. The van der Waals surface area contributed by atoms with Gasteiger partial charge in [-0.25, -0.2) is 4.79 Å². The van der Waals surface area contributed by atoms with E-state index in [2.05, 4.69) is 33.0 Å². The summed E-state index contributed by atoms with van der Waals surface area (Å²) in [6, 6.07) is 15.7. The Labute approximate surface area is 183 Å². The average Bonchev–Trinajstić information content (AvgIpc) is 3.59. The Balaban J connectivity index is 1.26.